The second-order valence-electron chi connectivity index (χ2n) is 10.0. The minimum Gasteiger partial charge on any atom is -0.356 e. The lowest BCUT2D eigenvalue weighted by atomic mass is 9.91. The molecule has 1 aliphatic carbocycles. The number of nitrogens with one attached hydrogen (secondary N) is 1. The van der Waals surface area contributed by atoms with Crippen molar-refractivity contribution in [1.82, 2.24) is 20.1 Å². The number of hydrogen-bond acceptors (Lipinski definition) is 4. The molecule has 3 heterocycles. The van der Waals surface area contributed by atoms with E-state index in [1.54, 1.807) is 0 Å². The summed E-state index contributed by atoms with van der Waals surface area (Å²) in [7, 11) is 0. The molecule has 0 radical (unpaired) electrons. The van der Waals surface area contributed by atoms with Crippen molar-refractivity contribution >= 4 is 55.3 Å². The molecular weight excluding hydrogens is 608 g/mol. The fourth-order valence-electron chi connectivity index (χ4n) is 5.87. The van der Waals surface area contributed by atoms with Gasteiger partial charge in [-0.15, -0.1) is 0 Å². The first kappa shape index (κ1) is 26.1. The first-order valence-electron chi connectivity index (χ1n) is 12.8. The smallest absolute Gasteiger partial charge is 0.224 e. The summed E-state index contributed by atoms with van der Waals surface area (Å²) in [6, 6.07) is 6.19. The van der Waals surface area contributed by atoms with Gasteiger partial charge in [0.2, 0.25) is 11.8 Å². The van der Waals surface area contributed by atoms with E-state index in [0.717, 1.165) is 77.8 Å². The maximum Gasteiger partial charge on any atom is 0.224 e. The maximum atomic E-state index is 13.1. The molecule has 0 bridgehead atoms. The van der Waals surface area contributed by atoms with Gasteiger partial charge in [0, 0.05) is 52.8 Å². The van der Waals surface area contributed by atoms with E-state index in [1.807, 2.05) is 17.2 Å². The third kappa shape index (κ3) is 5.66. The van der Waals surface area contributed by atoms with E-state index in [0.29, 0.717) is 19.5 Å². The number of benzene rings is 1. The van der Waals surface area contributed by atoms with Gasteiger partial charge >= 0.3 is 0 Å². The van der Waals surface area contributed by atoms with E-state index in [-0.39, 0.29) is 23.8 Å². The summed E-state index contributed by atoms with van der Waals surface area (Å²) in [5.74, 6) is 0.283. The van der Waals surface area contributed by atoms with Crippen LogP contribution in [0.5, 0.6) is 0 Å². The van der Waals surface area contributed by atoms with Gasteiger partial charge < -0.3 is 10.2 Å². The molecule has 9 heteroatoms. The highest BCUT2D eigenvalue weighted by atomic mass is 79.9. The van der Waals surface area contributed by atoms with E-state index >= 15 is 0 Å². The standard InChI is InChI=1S/C27H31Br2ClN4O2/c28-20-12-18-7-6-17-13-21(30)14-22(29)24(17)26(25(18)32-15-20)34-10-1-4-19(16-34)27(36)31-8-3-11-33-9-2-5-23(33)35/h12-15,19,26H,1-11,16H2,(H,31,36). The zero-order chi connectivity index (χ0) is 25.2. The van der Waals surface area contributed by atoms with Crippen LogP contribution >= 0.6 is 43.5 Å². The van der Waals surface area contributed by atoms with Crippen molar-refractivity contribution < 1.29 is 9.59 Å². The zero-order valence-electron chi connectivity index (χ0n) is 20.2. The first-order valence-corrected chi connectivity index (χ1v) is 14.8. The van der Waals surface area contributed by atoms with Gasteiger partial charge in [-0.1, -0.05) is 27.5 Å². The molecular formula is C27H31Br2ClN4O2. The minimum atomic E-state index is -0.0659. The highest BCUT2D eigenvalue weighted by Gasteiger charge is 2.36. The highest BCUT2D eigenvalue weighted by Crippen LogP contribution is 2.42. The van der Waals surface area contributed by atoms with Crippen molar-refractivity contribution in [2.45, 2.75) is 51.0 Å². The van der Waals surface area contributed by atoms with E-state index in [2.05, 4.69) is 54.2 Å². The SMILES string of the molecule is O=C(NCCCN1CCCC1=O)C1CCCN(C2c3ncc(Br)cc3CCc3cc(Cl)cc(Br)c32)C1. The van der Waals surface area contributed by atoms with Crippen LogP contribution in [-0.2, 0) is 22.4 Å². The number of halogens is 3. The summed E-state index contributed by atoms with van der Waals surface area (Å²) in [5.41, 5.74) is 4.74. The van der Waals surface area contributed by atoms with E-state index in [9.17, 15) is 9.59 Å². The molecule has 1 aromatic carbocycles. The minimum absolute atomic E-state index is 0.0333. The van der Waals surface area contributed by atoms with E-state index in [1.165, 1.54) is 16.7 Å². The molecule has 2 unspecified atom stereocenters. The Morgan fingerprint density at radius 2 is 1.94 bits per heavy atom. The molecule has 2 atom stereocenters. The fourth-order valence-corrected chi connectivity index (χ4v) is 7.34. The van der Waals surface area contributed by atoms with Crippen molar-refractivity contribution in [2.24, 2.45) is 5.92 Å². The third-order valence-corrected chi connectivity index (χ3v) is 8.92. The Kier molecular flexibility index (Phi) is 8.35. The molecule has 6 nitrogen and oxygen atoms in total. The van der Waals surface area contributed by atoms with Crippen LogP contribution in [0.1, 0.15) is 60.5 Å². The average molecular weight is 639 g/mol. The van der Waals surface area contributed by atoms with Crippen LogP contribution in [-0.4, -0.2) is 59.3 Å². The molecule has 0 saturated carbocycles. The molecule has 1 aromatic heterocycles. The number of carbonyl (C=O) groups is 2. The topological polar surface area (TPSA) is 65.5 Å². The second kappa shape index (κ2) is 11.5. The number of fused-ring (bicyclic) bond motifs is 2. The van der Waals surface area contributed by atoms with Crippen LogP contribution in [0.2, 0.25) is 5.02 Å². The number of nitrogens with zero attached hydrogens (tertiary/aromatic N) is 3. The number of aromatic nitrogens is 1. The van der Waals surface area contributed by atoms with Crippen molar-refractivity contribution in [1.29, 1.82) is 0 Å². The van der Waals surface area contributed by atoms with Gasteiger partial charge in [0.1, 0.15) is 0 Å². The summed E-state index contributed by atoms with van der Waals surface area (Å²) in [6.45, 7) is 3.78. The Balaban J connectivity index is 1.32. The van der Waals surface area contributed by atoms with Crippen LogP contribution in [0.25, 0.3) is 0 Å². The number of likely N-dealkylation sites (tertiary alicyclic amines) is 2. The van der Waals surface area contributed by atoms with Crippen molar-refractivity contribution in [3.05, 3.63) is 60.7 Å². The van der Waals surface area contributed by atoms with Crippen LogP contribution in [0, 0.1) is 5.92 Å². The zero-order valence-corrected chi connectivity index (χ0v) is 24.2. The predicted octanol–water partition coefficient (Wildman–Crippen LogP) is 5.29. The van der Waals surface area contributed by atoms with Crippen molar-refractivity contribution in [2.75, 3.05) is 32.7 Å². The second-order valence-corrected chi connectivity index (χ2v) is 12.2. The molecule has 2 saturated heterocycles. The fraction of sp³-hybridized carbons (Fsp3) is 0.519. The van der Waals surface area contributed by atoms with Gasteiger partial charge in [0.15, 0.2) is 0 Å². The number of piperidine rings is 1. The van der Waals surface area contributed by atoms with Crippen LogP contribution in [0.4, 0.5) is 0 Å². The summed E-state index contributed by atoms with van der Waals surface area (Å²) in [5, 5.41) is 3.87. The van der Waals surface area contributed by atoms with Gasteiger partial charge in [-0.3, -0.25) is 19.5 Å². The van der Waals surface area contributed by atoms with Gasteiger partial charge in [0.05, 0.1) is 17.7 Å². The van der Waals surface area contributed by atoms with Gasteiger partial charge in [0.25, 0.3) is 0 Å². The van der Waals surface area contributed by atoms with Crippen LogP contribution in [0.3, 0.4) is 0 Å². The number of amides is 2. The molecule has 36 heavy (non-hydrogen) atoms. The van der Waals surface area contributed by atoms with Crippen LogP contribution in [0.15, 0.2) is 33.3 Å². The molecule has 2 aliphatic heterocycles. The van der Waals surface area contributed by atoms with Crippen LogP contribution < -0.4 is 5.32 Å². The number of rotatable bonds is 6. The molecule has 2 amide bonds. The largest absolute Gasteiger partial charge is 0.356 e. The van der Waals surface area contributed by atoms with E-state index in [4.69, 9.17) is 16.6 Å². The van der Waals surface area contributed by atoms with Crippen molar-refractivity contribution in [3.8, 4) is 0 Å². The Morgan fingerprint density at radius 3 is 2.75 bits per heavy atom. The summed E-state index contributed by atoms with van der Waals surface area (Å²) < 4.78 is 1.98. The number of carbonyl (C=O) groups excluding carboxylic acids is 2. The molecule has 192 valence electrons. The predicted molar refractivity (Wildman–Crippen MR) is 148 cm³/mol. The Labute approximate surface area is 234 Å². The van der Waals surface area contributed by atoms with E-state index < -0.39 is 0 Å². The lowest BCUT2D eigenvalue weighted by Crippen LogP contribution is -2.45. The molecule has 0 spiro atoms. The van der Waals surface area contributed by atoms with Gasteiger partial charge in [-0.05, 0) is 95.9 Å². The number of pyridine rings is 1. The number of hydrogen-bond donors (Lipinski definition) is 1. The first-order chi connectivity index (χ1) is 17.4. The summed E-state index contributed by atoms with van der Waals surface area (Å²) in [6.07, 6.45) is 7.92. The van der Waals surface area contributed by atoms with Crippen molar-refractivity contribution in [3.63, 3.8) is 0 Å². The number of aryl methyl sites for hydroxylation is 2. The molecule has 3 aliphatic rings. The molecule has 2 fully saturated rings. The molecule has 2 aromatic rings. The Bertz CT molecular complexity index is 1160. The Morgan fingerprint density at radius 1 is 1.11 bits per heavy atom. The Hall–Kier alpha value is -1.48. The monoisotopic (exact) mass is 636 g/mol. The summed E-state index contributed by atoms with van der Waals surface area (Å²) >= 11 is 13.8. The molecule has 5 rings (SSSR count). The normalized spacial score (nSPS) is 22.2. The van der Waals surface area contributed by atoms with Gasteiger partial charge in [-0.2, -0.15) is 0 Å². The summed E-state index contributed by atoms with van der Waals surface area (Å²) in [4.78, 5) is 34.2. The molecule has 1 N–H and O–H groups in total. The maximum absolute atomic E-state index is 13.1. The average Bonchev–Trinajstić information content (AvgIpc) is 3.19. The lowest BCUT2D eigenvalue weighted by molar-refractivity contribution is -0.127. The third-order valence-electron chi connectivity index (χ3n) is 7.61. The highest BCUT2D eigenvalue weighted by molar-refractivity contribution is 9.10. The van der Waals surface area contributed by atoms with Gasteiger partial charge in [-0.25, -0.2) is 0 Å². The lowest BCUT2D eigenvalue weighted by Gasteiger charge is -2.38. The quantitative estimate of drug-likeness (QED) is 0.437.